The summed E-state index contributed by atoms with van der Waals surface area (Å²) in [7, 11) is 5.74. The van der Waals surface area contributed by atoms with Gasteiger partial charge in [0.25, 0.3) is 5.91 Å². The second kappa shape index (κ2) is 11.5. The van der Waals surface area contributed by atoms with Gasteiger partial charge in [0.2, 0.25) is 11.3 Å². The van der Waals surface area contributed by atoms with Crippen LogP contribution < -0.4 is 20.4 Å². The molecule has 3 aromatic rings. The van der Waals surface area contributed by atoms with E-state index in [1.807, 2.05) is 13.0 Å². The van der Waals surface area contributed by atoms with Crippen molar-refractivity contribution < 1.29 is 9.53 Å². The Morgan fingerprint density at radius 2 is 1.84 bits per heavy atom. The molecule has 0 atom stereocenters. The Labute approximate surface area is 222 Å². The van der Waals surface area contributed by atoms with Crippen LogP contribution in [0.25, 0.3) is 11.2 Å². The molecule has 0 unspecified atom stereocenters. The Morgan fingerprint density at radius 1 is 1.16 bits per heavy atom. The molecule has 1 aliphatic carbocycles. The number of benzene rings is 1. The minimum Gasteiger partial charge on any atom is -0.482 e. The molecule has 0 radical (unpaired) electrons. The molecule has 0 aliphatic heterocycles. The highest BCUT2D eigenvalue weighted by Crippen LogP contribution is 2.34. The summed E-state index contributed by atoms with van der Waals surface area (Å²) in [5.74, 6) is -0.0680. The number of ether oxygens (including phenoxy) is 1. The van der Waals surface area contributed by atoms with Gasteiger partial charge in [-0.2, -0.15) is 0 Å². The second-order valence-corrected chi connectivity index (χ2v) is 10.1. The lowest BCUT2D eigenvalue weighted by atomic mass is 9.89. The van der Waals surface area contributed by atoms with Crippen LogP contribution in [0.5, 0.6) is 5.88 Å². The van der Waals surface area contributed by atoms with E-state index in [4.69, 9.17) is 16.3 Å². The molecule has 2 heterocycles. The van der Waals surface area contributed by atoms with Crippen LogP contribution in [0, 0.1) is 6.92 Å². The Bertz CT molecular complexity index is 1330. The van der Waals surface area contributed by atoms with Crippen molar-refractivity contribution in [3.63, 3.8) is 0 Å². The summed E-state index contributed by atoms with van der Waals surface area (Å²) in [6, 6.07) is 4.64. The van der Waals surface area contributed by atoms with Crippen molar-refractivity contribution in [2.75, 3.05) is 32.6 Å². The number of hydrogen-bond acceptors (Lipinski definition) is 7. The molecule has 0 bridgehead atoms. The van der Waals surface area contributed by atoms with E-state index in [-0.39, 0.29) is 34.8 Å². The molecule has 1 saturated carbocycles. The van der Waals surface area contributed by atoms with Crippen LogP contribution in [0.2, 0.25) is 5.02 Å². The molecule has 0 saturated heterocycles. The quantitative estimate of drug-likeness (QED) is 0.458. The van der Waals surface area contributed by atoms with Gasteiger partial charge in [0, 0.05) is 47.3 Å². The third-order valence-electron chi connectivity index (χ3n) is 7.40. The van der Waals surface area contributed by atoms with E-state index in [0.29, 0.717) is 28.3 Å². The van der Waals surface area contributed by atoms with E-state index in [1.54, 1.807) is 6.07 Å². The predicted molar refractivity (Wildman–Crippen MR) is 147 cm³/mol. The van der Waals surface area contributed by atoms with Crippen molar-refractivity contribution in [2.24, 2.45) is 0 Å². The lowest BCUT2D eigenvalue weighted by Crippen LogP contribution is -2.42. The minimum atomic E-state index is -0.340. The second-order valence-electron chi connectivity index (χ2n) is 9.71. The van der Waals surface area contributed by atoms with Crippen LogP contribution in [0.1, 0.15) is 54.1 Å². The number of aromatic nitrogens is 3. The smallest absolute Gasteiger partial charge is 0.251 e. The van der Waals surface area contributed by atoms with Crippen molar-refractivity contribution in [2.45, 2.75) is 58.2 Å². The largest absolute Gasteiger partial charge is 0.482 e. The zero-order valence-corrected chi connectivity index (χ0v) is 22.9. The summed E-state index contributed by atoms with van der Waals surface area (Å²) in [4.78, 5) is 42.3. The number of hydrogen-bond donors (Lipinski definition) is 2. The number of fused-ring (bicyclic) bond motifs is 1. The van der Waals surface area contributed by atoms with E-state index in [2.05, 4.69) is 51.1 Å². The first-order chi connectivity index (χ1) is 17.7. The van der Waals surface area contributed by atoms with E-state index >= 15 is 0 Å². The number of nitrogens with one attached hydrogen (secondary N) is 2. The number of anilines is 1. The van der Waals surface area contributed by atoms with Gasteiger partial charge in [0.05, 0.1) is 19.2 Å². The van der Waals surface area contributed by atoms with Crippen LogP contribution in [-0.4, -0.2) is 65.6 Å². The summed E-state index contributed by atoms with van der Waals surface area (Å²) >= 11 is 6.52. The van der Waals surface area contributed by atoms with Gasteiger partial charge >= 0.3 is 0 Å². The number of carbonyl (C=O) groups excluding carboxylic acids is 1. The highest BCUT2D eigenvalue weighted by molar-refractivity contribution is 6.31. The molecule has 4 rings (SSSR count). The number of pyridine rings is 1. The molecule has 2 aromatic heterocycles. The summed E-state index contributed by atoms with van der Waals surface area (Å²) in [6.45, 7) is 4.88. The molecule has 0 spiro atoms. The number of carbonyl (C=O) groups is 1. The number of halogens is 1. The van der Waals surface area contributed by atoms with E-state index in [1.165, 1.54) is 19.5 Å². The standard InChI is InChI=1S/C27H35ClN6O3/c1-6-34(19-9-7-18(8-10-19)33(3)4)22-14-17(28)13-20(16(22)2)26(36)31-15-21-24(35)23-25(30-12-11-29-23)32-27(21)37-5/h11-14,18-19H,6-10,15H2,1-5H3,(H,31,36)(H,30,32,35)/t18-,19-. The molecule has 9 nitrogen and oxygen atoms in total. The summed E-state index contributed by atoms with van der Waals surface area (Å²) < 4.78 is 5.36. The average Bonchev–Trinajstić information content (AvgIpc) is 2.90. The van der Waals surface area contributed by atoms with Crippen LogP contribution in [0.15, 0.2) is 29.3 Å². The Morgan fingerprint density at radius 3 is 2.49 bits per heavy atom. The van der Waals surface area contributed by atoms with Crippen molar-refractivity contribution >= 4 is 34.4 Å². The molecule has 1 aromatic carbocycles. The minimum absolute atomic E-state index is 0.0306. The van der Waals surface area contributed by atoms with Gasteiger partial charge in [0.15, 0.2) is 11.2 Å². The lowest BCUT2D eigenvalue weighted by molar-refractivity contribution is 0.0950. The third-order valence-corrected chi connectivity index (χ3v) is 7.62. The number of rotatable bonds is 8. The van der Waals surface area contributed by atoms with E-state index in [9.17, 15) is 9.59 Å². The zero-order chi connectivity index (χ0) is 26.7. The normalized spacial score (nSPS) is 17.7. The Balaban J connectivity index is 1.58. The maximum Gasteiger partial charge on any atom is 0.251 e. The molecule has 10 heteroatoms. The highest BCUT2D eigenvalue weighted by Gasteiger charge is 2.28. The van der Waals surface area contributed by atoms with Crippen LogP contribution in [-0.2, 0) is 6.54 Å². The monoisotopic (exact) mass is 526 g/mol. The predicted octanol–water partition coefficient (Wildman–Crippen LogP) is 3.92. The Hall–Kier alpha value is -3.17. The number of aromatic amines is 1. The van der Waals surface area contributed by atoms with E-state index < -0.39 is 0 Å². The van der Waals surface area contributed by atoms with Crippen molar-refractivity contribution in [3.05, 3.63) is 56.5 Å². The molecule has 198 valence electrons. The van der Waals surface area contributed by atoms with Crippen LogP contribution in [0.4, 0.5) is 5.69 Å². The lowest BCUT2D eigenvalue weighted by Gasteiger charge is -2.40. The number of H-pyrrole nitrogens is 1. The number of nitrogens with zero attached hydrogens (tertiary/aromatic N) is 4. The van der Waals surface area contributed by atoms with Crippen molar-refractivity contribution in [3.8, 4) is 5.88 Å². The summed E-state index contributed by atoms with van der Waals surface area (Å²) in [5, 5.41) is 3.38. The SMILES string of the molecule is CCN(c1cc(Cl)cc(C(=O)NCc2c(OC)[nH]c3nccnc3c2=O)c1C)[C@H]1CC[C@H](N(C)C)CC1. The van der Waals surface area contributed by atoms with Crippen LogP contribution in [0.3, 0.4) is 0 Å². The van der Waals surface area contributed by atoms with E-state index in [0.717, 1.165) is 43.5 Å². The average molecular weight is 527 g/mol. The first-order valence-corrected chi connectivity index (χ1v) is 13.0. The molecule has 1 amide bonds. The molecule has 1 aliphatic rings. The molecule has 2 N–H and O–H groups in total. The molecule has 1 fully saturated rings. The van der Waals surface area contributed by atoms with Crippen molar-refractivity contribution in [1.29, 1.82) is 0 Å². The van der Waals surface area contributed by atoms with Gasteiger partial charge in [-0.05, 0) is 71.3 Å². The van der Waals surface area contributed by atoms with Gasteiger partial charge in [-0.15, -0.1) is 0 Å². The van der Waals surface area contributed by atoms with Crippen LogP contribution >= 0.6 is 11.6 Å². The maximum atomic E-state index is 13.3. The van der Waals surface area contributed by atoms with Gasteiger partial charge in [-0.3, -0.25) is 9.59 Å². The topological polar surface area (TPSA) is 103 Å². The summed E-state index contributed by atoms with van der Waals surface area (Å²) in [5.41, 5.74) is 2.78. The van der Waals surface area contributed by atoms with Crippen molar-refractivity contribution in [1.82, 2.24) is 25.2 Å². The highest BCUT2D eigenvalue weighted by atomic mass is 35.5. The van der Waals surface area contributed by atoms with Gasteiger partial charge < -0.3 is 24.8 Å². The first kappa shape index (κ1) is 26.9. The third kappa shape index (κ3) is 5.57. The van der Waals surface area contributed by atoms with Gasteiger partial charge in [0.1, 0.15) is 0 Å². The molecular formula is C27H35ClN6O3. The summed E-state index contributed by atoms with van der Waals surface area (Å²) in [6.07, 6.45) is 7.43. The van der Waals surface area contributed by atoms with Gasteiger partial charge in [-0.25, -0.2) is 9.97 Å². The molecule has 37 heavy (non-hydrogen) atoms. The maximum absolute atomic E-state index is 13.3. The fourth-order valence-corrected chi connectivity index (χ4v) is 5.55. The fourth-order valence-electron chi connectivity index (χ4n) is 5.33. The first-order valence-electron chi connectivity index (χ1n) is 12.7. The molecular weight excluding hydrogens is 492 g/mol. The Kier molecular flexibility index (Phi) is 8.34. The number of methoxy groups -OCH3 is 1. The fraction of sp³-hybridized carbons (Fsp3) is 0.481. The number of amides is 1. The van der Waals surface area contributed by atoms with Gasteiger partial charge in [-0.1, -0.05) is 11.6 Å². The zero-order valence-electron chi connectivity index (χ0n) is 22.1.